The number of halogens is 1. The Labute approximate surface area is 161 Å². The van der Waals surface area contributed by atoms with Crippen molar-refractivity contribution >= 4 is 11.9 Å². The lowest BCUT2D eigenvalue weighted by Gasteiger charge is -2.45. The third-order valence-corrected chi connectivity index (χ3v) is 5.68. The number of benzene rings is 1. The highest BCUT2D eigenvalue weighted by Crippen LogP contribution is 2.49. The molecule has 2 aromatic rings. The van der Waals surface area contributed by atoms with Crippen LogP contribution in [0.3, 0.4) is 0 Å². The summed E-state index contributed by atoms with van der Waals surface area (Å²) in [4.78, 5) is 23.0. The molecule has 0 radical (unpaired) electrons. The molecule has 28 heavy (non-hydrogen) atoms. The van der Waals surface area contributed by atoms with E-state index in [-0.39, 0.29) is 18.0 Å². The van der Waals surface area contributed by atoms with Gasteiger partial charge in [-0.1, -0.05) is 6.07 Å². The highest BCUT2D eigenvalue weighted by molar-refractivity contribution is 6.08. The summed E-state index contributed by atoms with van der Waals surface area (Å²) in [6.07, 6.45) is 2.11. The quantitative estimate of drug-likeness (QED) is 0.760. The highest BCUT2D eigenvalue weighted by atomic mass is 19.1. The number of aliphatic imine (C=N–C) groups is 1. The minimum atomic E-state index is -1.33. The summed E-state index contributed by atoms with van der Waals surface area (Å²) in [5.74, 6) is -0.183. The van der Waals surface area contributed by atoms with Gasteiger partial charge in [-0.25, -0.2) is 9.98 Å². The number of fused-ring (bicyclic) bond motifs is 4. The van der Waals surface area contributed by atoms with E-state index >= 15 is 0 Å². The third-order valence-electron chi connectivity index (χ3n) is 5.68. The largest absolute Gasteiger partial charge is 0.487 e. The maximum atomic E-state index is 14.3. The van der Waals surface area contributed by atoms with E-state index in [1.807, 2.05) is 0 Å². The first-order chi connectivity index (χ1) is 13.5. The van der Waals surface area contributed by atoms with Gasteiger partial charge in [-0.2, -0.15) is 4.39 Å². The molecule has 7 nitrogen and oxygen atoms in total. The van der Waals surface area contributed by atoms with Crippen LogP contribution in [0.1, 0.15) is 18.4 Å². The molecular formula is C20H19FN4O3. The maximum Gasteiger partial charge on any atom is 0.264 e. The molecule has 1 fully saturated rings. The van der Waals surface area contributed by atoms with Crippen LogP contribution in [0.25, 0.3) is 11.1 Å². The Kier molecular flexibility index (Phi) is 3.67. The van der Waals surface area contributed by atoms with Gasteiger partial charge in [0.15, 0.2) is 5.96 Å². The number of amides is 1. The van der Waals surface area contributed by atoms with Crippen molar-refractivity contribution in [2.24, 2.45) is 10.7 Å². The first-order valence-electron chi connectivity index (χ1n) is 9.19. The molecule has 5 rings (SSSR count). The minimum Gasteiger partial charge on any atom is -0.487 e. The summed E-state index contributed by atoms with van der Waals surface area (Å²) >= 11 is 0. The number of carbonyl (C=O) groups excluding carboxylic acids is 1. The lowest BCUT2D eigenvalue weighted by Crippen LogP contribution is -2.58. The molecule has 1 spiro atoms. The Morgan fingerprint density at radius 1 is 1.36 bits per heavy atom. The van der Waals surface area contributed by atoms with E-state index in [0.717, 1.165) is 12.8 Å². The molecule has 144 valence electrons. The Morgan fingerprint density at radius 3 is 2.96 bits per heavy atom. The van der Waals surface area contributed by atoms with Gasteiger partial charge in [-0.05, 0) is 42.7 Å². The number of pyridine rings is 1. The molecule has 3 aliphatic rings. The number of likely N-dealkylation sites (N-methyl/N-ethyl adjacent to an activating group) is 1. The fourth-order valence-electron chi connectivity index (χ4n) is 4.30. The van der Waals surface area contributed by atoms with Crippen molar-refractivity contribution in [2.75, 3.05) is 13.7 Å². The number of nitrogens with two attached hydrogens (primary N) is 1. The van der Waals surface area contributed by atoms with E-state index in [0.29, 0.717) is 29.0 Å². The van der Waals surface area contributed by atoms with Gasteiger partial charge in [0.05, 0.1) is 0 Å². The number of aromatic nitrogens is 1. The second-order valence-corrected chi connectivity index (χ2v) is 7.24. The van der Waals surface area contributed by atoms with Crippen LogP contribution >= 0.6 is 0 Å². The van der Waals surface area contributed by atoms with E-state index in [1.54, 1.807) is 37.4 Å². The third kappa shape index (κ3) is 2.21. The molecule has 2 N–H and O–H groups in total. The molecule has 1 aromatic carbocycles. The predicted octanol–water partition coefficient (Wildman–Crippen LogP) is 1.81. The van der Waals surface area contributed by atoms with E-state index in [2.05, 4.69) is 9.98 Å². The van der Waals surface area contributed by atoms with Gasteiger partial charge in [0.1, 0.15) is 18.0 Å². The van der Waals surface area contributed by atoms with Gasteiger partial charge in [0, 0.05) is 31.0 Å². The molecule has 1 unspecified atom stereocenters. The topological polar surface area (TPSA) is 90.0 Å². The van der Waals surface area contributed by atoms with Crippen molar-refractivity contribution in [3.8, 4) is 16.9 Å². The number of nitrogens with zero attached hydrogens (tertiary/aromatic N) is 3. The average molecular weight is 382 g/mol. The predicted molar refractivity (Wildman–Crippen MR) is 99.1 cm³/mol. The average Bonchev–Trinajstić information content (AvgIpc) is 2.93. The molecule has 1 aromatic heterocycles. The zero-order valence-electron chi connectivity index (χ0n) is 15.3. The molecule has 0 bridgehead atoms. The zero-order chi connectivity index (χ0) is 19.5. The molecule has 1 amide bonds. The lowest BCUT2D eigenvalue weighted by atomic mass is 9.76. The van der Waals surface area contributed by atoms with E-state index in [1.165, 1.54) is 11.1 Å². The van der Waals surface area contributed by atoms with Crippen LogP contribution in [-0.4, -0.2) is 47.6 Å². The van der Waals surface area contributed by atoms with Crippen LogP contribution in [0, 0.1) is 5.95 Å². The minimum absolute atomic E-state index is 0.128. The molecule has 4 heterocycles. The van der Waals surface area contributed by atoms with Gasteiger partial charge in [-0.15, -0.1) is 0 Å². The monoisotopic (exact) mass is 382 g/mol. The van der Waals surface area contributed by atoms with Gasteiger partial charge in [-0.3, -0.25) is 9.69 Å². The van der Waals surface area contributed by atoms with Crippen molar-refractivity contribution in [3.05, 3.63) is 48.0 Å². The summed E-state index contributed by atoms with van der Waals surface area (Å²) in [7, 11) is 1.59. The Hall–Kier alpha value is -3.00. The molecule has 3 atom stereocenters. The molecule has 1 saturated heterocycles. The smallest absolute Gasteiger partial charge is 0.264 e. The van der Waals surface area contributed by atoms with E-state index < -0.39 is 17.6 Å². The highest BCUT2D eigenvalue weighted by Gasteiger charge is 2.61. The SMILES string of the molecule is CN1C(=O)[C@@]2(N=C1N)c1cc(-c3cccnc3F)ccc1OC1CCCO[C@H]12. The van der Waals surface area contributed by atoms with Gasteiger partial charge >= 0.3 is 0 Å². The number of hydrogen-bond donors (Lipinski definition) is 1. The Bertz CT molecular complexity index is 1010. The van der Waals surface area contributed by atoms with E-state index in [4.69, 9.17) is 15.2 Å². The Balaban J connectivity index is 1.74. The van der Waals surface area contributed by atoms with Crippen LogP contribution in [0.2, 0.25) is 0 Å². The second-order valence-electron chi connectivity index (χ2n) is 7.24. The van der Waals surface area contributed by atoms with Crippen molar-refractivity contribution in [3.63, 3.8) is 0 Å². The van der Waals surface area contributed by atoms with Crippen molar-refractivity contribution in [2.45, 2.75) is 30.6 Å². The summed E-state index contributed by atoms with van der Waals surface area (Å²) in [5, 5.41) is 0. The fraction of sp³-hybridized carbons (Fsp3) is 0.350. The number of hydrogen-bond acceptors (Lipinski definition) is 6. The van der Waals surface area contributed by atoms with Crippen molar-refractivity contribution in [1.82, 2.24) is 9.88 Å². The number of ether oxygens (including phenoxy) is 2. The molecule has 0 aliphatic carbocycles. The Morgan fingerprint density at radius 2 is 2.21 bits per heavy atom. The summed E-state index contributed by atoms with van der Waals surface area (Å²) in [5.41, 5.74) is 6.14. The number of guanidine groups is 1. The summed E-state index contributed by atoms with van der Waals surface area (Å²) < 4.78 is 26.4. The molecule has 8 heteroatoms. The molecule has 3 aliphatic heterocycles. The summed E-state index contributed by atoms with van der Waals surface area (Å²) in [6.45, 7) is 0.519. The molecule has 0 saturated carbocycles. The van der Waals surface area contributed by atoms with Crippen LogP contribution in [0.4, 0.5) is 4.39 Å². The first kappa shape index (κ1) is 17.1. The normalized spacial score (nSPS) is 28.6. The van der Waals surface area contributed by atoms with Crippen LogP contribution in [0.5, 0.6) is 5.75 Å². The second kappa shape index (κ2) is 6.00. The van der Waals surface area contributed by atoms with Gasteiger partial charge in [0.2, 0.25) is 11.5 Å². The van der Waals surface area contributed by atoms with Crippen LogP contribution in [-0.2, 0) is 15.1 Å². The maximum absolute atomic E-state index is 14.3. The van der Waals surface area contributed by atoms with E-state index in [9.17, 15) is 9.18 Å². The summed E-state index contributed by atoms with van der Waals surface area (Å²) in [6, 6.07) is 8.54. The van der Waals surface area contributed by atoms with Crippen LogP contribution in [0.15, 0.2) is 41.5 Å². The molecular weight excluding hydrogens is 363 g/mol. The standard InChI is InChI=1S/C20H19FN4O3/c1-25-18(26)20(24-19(25)22)13-10-11(12-4-2-8-23-17(12)21)6-7-14(13)28-15-5-3-9-27-16(15)20/h2,4,6-8,10,15-16H,3,5,9H2,1H3,(H2,22,24)/t15?,16-,20-/m1/s1. The lowest BCUT2D eigenvalue weighted by molar-refractivity contribution is -0.151. The number of rotatable bonds is 1. The van der Waals surface area contributed by atoms with Crippen LogP contribution < -0.4 is 10.5 Å². The first-order valence-corrected chi connectivity index (χ1v) is 9.19. The number of carbonyl (C=O) groups is 1. The van der Waals surface area contributed by atoms with Gasteiger partial charge in [0.25, 0.3) is 5.91 Å². The fourth-order valence-corrected chi connectivity index (χ4v) is 4.30. The zero-order valence-corrected chi connectivity index (χ0v) is 15.3. The van der Waals surface area contributed by atoms with Crippen molar-refractivity contribution < 1.29 is 18.7 Å². The van der Waals surface area contributed by atoms with Crippen molar-refractivity contribution in [1.29, 1.82) is 0 Å². The van der Waals surface area contributed by atoms with Gasteiger partial charge < -0.3 is 15.2 Å².